The Kier molecular flexibility index (Phi) is 7.12. The highest BCUT2D eigenvalue weighted by Gasteiger charge is 2.40. The molecule has 0 bridgehead atoms. The summed E-state index contributed by atoms with van der Waals surface area (Å²) in [4.78, 5) is 28.6. The predicted molar refractivity (Wildman–Crippen MR) is 93.3 cm³/mol. The van der Waals surface area contributed by atoms with E-state index in [1.165, 1.54) is 6.33 Å². The maximum atomic E-state index is 11.0. The van der Waals surface area contributed by atoms with E-state index >= 15 is 0 Å². The van der Waals surface area contributed by atoms with Gasteiger partial charge in [0.05, 0.1) is 18.3 Å². The lowest BCUT2D eigenvalue weighted by atomic mass is 10.1. The van der Waals surface area contributed by atoms with Gasteiger partial charge >= 0.3 is 18.1 Å². The number of esters is 1. The fourth-order valence-corrected chi connectivity index (χ4v) is 2.22. The number of fused-ring (bicyclic) bond motifs is 1. The highest BCUT2D eigenvalue weighted by atomic mass is 19.4. The molecule has 0 fully saturated rings. The molecule has 3 aromatic rings. The van der Waals surface area contributed by atoms with Gasteiger partial charge in [-0.25, -0.2) is 14.8 Å². The Labute approximate surface area is 162 Å². The van der Waals surface area contributed by atoms with Crippen molar-refractivity contribution in [3.63, 3.8) is 0 Å². The number of carboxylic acids is 1. The van der Waals surface area contributed by atoms with Gasteiger partial charge in [-0.05, 0) is 11.2 Å². The first-order chi connectivity index (χ1) is 13.7. The number of nitrogens with zero attached hydrogens (tertiary/aromatic N) is 4. The van der Waals surface area contributed by atoms with Crippen LogP contribution in [0.4, 0.5) is 13.2 Å². The number of carbonyl (C=O) groups is 2. The van der Waals surface area contributed by atoms with Crippen molar-refractivity contribution in [3.8, 4) is 11.3 Å². The quantitative estimate of drug-likeness (QED) is 0.520. The van der Waals surface area contributed by atoms with E-state index < -0.39 is 18.1 Å². The zero-order chi connectivity index (χ0) is 21.4. The van der Waals surface area contributed by atoms with Gasteiger partial charge in [-0.1, -0.05) is 22.9 Å². The minimum atomic E-state index is -4.85. The molecule has 3 rings (SSSR count). The topological polar surface area (TPSA) is 106 Å². The smallest absolute Gasteiger partial charge is 0.481 e. The van der Waals surface area contributed by atoms with E-state index in [1.807, 2.05) is 30.3 Å². The zero-order valence-electron chi connectivity index (χ0n) is 15.1. The molecule has 0 saturated heterocycles. The van der Waals surface area contributed by atoms with E-state index in [-0.39, 0.29) is 6.42 Å². The summed E-state index contributed by atoms with van der Waals surface area (Å²) < 4.78 is 37.9. The number of carboxylic acid groups (broad SMARTS) is 1. The fourth-order valence-electron chi connectivity index (χ4n) is 2.22. The van der Waals surface area contributed by atoms with Crippen molar-refractivity contribution in [3.05, 3.63) is 49.1 Å². The Hall–Kier alpha value is -3.63. The number of halogens is 3. The number of para-hydroxylation sites is 1. The molecule has 0 saturated carbocycles. The Bertz CT molecular complexity index is 989. The minimum absolute atomic E-state index is 0.0491. The van der Waals surface area contributed by atoms with Crippen LogP contribution in [0.2, 0.25) is 0 Å². The van der Waals surface area contributed by atoms with Crippen LogP contribution in [0.15, 0.2) is 49.1 Å². The Balaban J connectivity index is 0.000000321. The minimum Gasteiger partial charge on any atom is -0.481 e. The molecule has 0 spiro atoms. The normalized spacial score (nSPS) is 10.8. The Morgan fingerprint density at radius 3 is 2.45 bits per heavy atom. The van der Waals surface area contributed by atoms with Crippen LogP contribution >= 0.6 is 0 Å². The largest absolute Gasteiger partial charge is 0.490 e. The SMILES string of the molecule is COC(=O)C(F)(F)F.O=C(O)CC[n+]1ccc(-c2ncnc3ccccc23)cn1. The molecule has 0 unspecified atom stereocenters. The third-order valence-corrected chi connectivity index (χ3v) is 3.56. The molecule has 2 heterocycles. The molecule has 0 amide bonds. The summed E-state index contributed by atoms with van der Waals surface area (Å²) in [5.74, 6) is -3.01. The summed E-state index contributed by atoms with van der Waals surface area (Å²) in [5, 5.41) is 13.9. The lowest BCUT2D eigenvalue weighted by Gasteiger charge is -2.03. The highest BCUT2D eigenvalue weighted by molar-refractivity contribution is 5.91. The molecule has 0 aliphatic rings. The summed E-state index contributed by atoms with van der Waals surface area (Å²) in [6.45, 7) is 0.347. The molecule has 0 aliphatic carbocycles. The van der Waals surface area contributed by atoms with Gasteiger partial charge in [-0.15, -0.1) is 0 Å². The monoisotopic (exact) mass is 409 g/mol. The van der Waals surface area contributed by atoms with E-state index in [9.17, 15) is 22.8 Å². The van der Waals surface area contributed by atoms with Gasteiger partial charge in [0.2, 0.25) is 0 Å². The van der Waals surface area contributed by atoms with Gasteiger partial charge in [0.15, 0.2) is 12.7 Å². The van der Waals surface area contributed by atoms with E-state index in [0.29, 0.717) is 13.7 Å². The zero-order valence-corrected chi connectivity index (χ0v) is 15.1. The molecular formula is C18H16F3N4O4+. The van der Waals surface area contributed by atoms with Gasteiger partial charge in [0.25, 0.3) is 0 Å². The van der Waals surface area contributed by atoms with Crippen molar-refractivity contribution >= 4 is 22.8 Å². The van der Waals surface area contributed by atoms with Crippen LogP contribution in [-0.4, -0.2) is 45.4 Å². The molecule has 1 N–H and O–H groups in total. The van der Waals surface area contributed by atoms with Crippen LogP contribution in [0.5, 0.6) is 0 Å². The number of benzene rings is 1. The summed E-state index contributed by atoms with van der Waals surface area (Å²) in [7, 11) is 0.676. The number of alkyl halides is 3. The number of hydrogen-bond acceptors (Lipinski definition) is 6. The van der Waals surface area contributed by atoms with Crippen molar-refractivity contribution in [1.29, 1.82) is 0 Å². The van der Waals surface area contributed by atoms with E-state index in [4.69, 9.17) is 5.11 Å². The van der Waals surface area contributed by atoms with Crippen molar-refractivity contribution in [2.75, 3.05) is 7.11 Å². The number of methoxy groups -OCH3 is 1. The van der Waals surface area contributed by atoms with E-state index in [1.54, 1.807) is 17.1 Å². The lowest BCUT2D eigenvalue weighted by molar-refractivity contribution is -0.752. The number of hydrogen-bond donors (Lipinski definition) is 1. The molecule has 11 heteroatoms. The van der Waals surface area contributed by atoms with Crippen LogP contribution in [0.25, 0.3) is 22.2 Å². The number of carbonyl (C=O) groups excluding carboxylic acids is 1. The van der Waals surface area contributed by atoms with Gasteiger partial charge in [0, 0.05) is 17.0 Å². The van der Waals surface area contributed by atoms with Gasteiger partial charge in [-0.3, -0.25) is 4.79 Å². The first-order valence-corrected chi connectivity index (χ1v) is 8.15. The highest BCUT2D eigenvalue weighted by Crippen LogP contribution is 2.23. The predicted octanol–water partition coefficient (Wildman–Crippen LogP) is 2.18. The Morgan fingerprint density at radius 1 is 1.17 bits per heavy atom. The fraction of sp³-hybridized carbons (Fsp3) is 0.222. The van der Waals surface area contributed by atoms with Crippen LogP contribution in [0, 0.1) is 0 Å². The second kappa shape index (κ2) is 9.53. The molecule has 29 heavy (non-hydrogen) atoms. The van der Waals surface area contributed by atoms with Crippen LogP contribution < -0.4 is 4.68 Å². The maximum absolute atomic E-state index is 11.0. The summed E-state index contributed by atoms with van der Waals surface area (Å²) in [6.07, 6.45) is 0.178. The van der Waals surface area contributed by atoms with Crippen molar-refractivity contribution in [1.82, 2.24) is 15.1 Å². The Morgan fingerprint density at radius 2 is 1.90 bits per heavy atom. The van der Waals surface area contributed by atoms with Crippen molar-refractivity contribution in [2.45, 2.75) is 19.1 Å². The second-order valence-corrected chi connectivity index (χ2v) is 5.55. The molecule has 8 nitrogen and oxygen atoms in total. The molecule has 152 valence electrons. The molecular weight excluding hydrogens is 393 g/mol. The second-order valence-electron chi connectivity index (χ2n) is 5.55. The first-order valence-electron chi connectivity index (χ1n) is 8.15. The van der Waals surface area contributed by atoms with Gasteiger partial charge in [-0.2, -0.15) is 13.2 Å². The number of aromatic nitrogens is 4. The molecule has 2 aromatic heterocycles. The molecule has 0 radical (unpaired) electrons. The number of rotatable bonds is 4. The first kappa shape index (κ1) is 21.7. The summed E-state index contributed by atoms with van der Waals surface area (Å²) in [5.41, 5.74) is 2.57. The third kappa shape index (κ3) is 6.19. The van der Waals surface area contributed by atoms with Crippen LogP contribution in [0.3, 0.4) is 0 Å². The third-order valence-electron chi connectivity index (χ3n) is 3.56. The average molecular weight is 409 g/mol. The van der Waals surface area contributed by atoms with Gasteiger partial charge in [0.1, 0.15) is 18.9 Å². The van der Waals surface area contributed by atoms with Crippen LogP contribution in [-0.2, 0) is 20.9 Å². The lowest BCUT2D eigenvalue weighted by Crippen LogP contribution is -2.38. The number of aliphatic carboxylic acids is 1. The summed E-state index contributed by atoms with van der Waals surface area (Å²) in [6, 6.07) is 9.66. The van der Waals surface area contributed by atoms with Crippen LogP contribution in [0.1, 0.15) is 6.42 Å². The van der Waals surface area contributed by atoms with E-state index in [0.717, 1.165) is 22.2 Å². The maximum Gasteiger partial charge on any atom is 0.490 e. The molecule has 0 aliphatic heterocycles. The summed E-state index contributed by atoms with van der Waals surface area (Å²) >= 11 is 0. The van der Waals surface area contributed by atoms with Crippen molar-refractivity contribution in [2.24, 2.45) is 0 Å². The van der Waals surface area contributed by atoms with E-state index in [2.05, 4.69) is 19.8 Å². The number of aryl methyl sites for hydroxylation is 1. The standard InChI is InChI=1S/C15H12N4O2.C3H3F3O2/c20-14(21)6-8-19-7-5-11(9-18-19)15-12-3-1-2-4-13(12)16-10-17-15;1-8-2(7)3(4,5)6/h1-5,7,9-10H,6,8H2;1H3/p+1. The van der Waals surface area contributed by atoms with Crippen molar-refractivity contribution < 1.29 is 37.3 Å². The van der Waals surface area contributed by atoms with Gasteiger partial charge < -0.3 is 9.84 Å². The molecule has 0 atom stereocenters. The molecule has 1 aromatic carbocycles. The number of ether oxygens (including phenoxy) is 1. The average Bonchev–Trinajstić information content (AvgIpc) is 2.71.